The lowest BCUT2D eigenvalue weighted by Crippen LogP contribution is -2.11. The lowest BCUT2D eigenvalue weighted by molar-refractivity contribution is 0.103. The van der Waals surface area contributed by atoms with Crippen molar-refractivity contribution in [3.05, 3.63) is 29.6 Å². The third-order valence-electron chi connectivity index (χ3n) is 3.01. The van der Waals surface area contributed by atoms with Crippen LogP contribution in [0.1, 0.15) is 25.2 Å². The Morgan fingerprint density at radius 1 is 1.45 bits per heavy atom. The molecular formula is C15H18ClN3O. The van der Waals surface area contributed by atoms with Gasteiger partial charge in [0.1, 0.15) is 17.4 Å². The first-order valence-corrected chi connectivity index (χ1v) is 7.22. The molecule has 0 unspecified atom stereocenters. The van der Waals surface area contributed by atoms with Crippen molar-refractivity contribution >= 4 is 22.6 Å². The van der Waals surface area contributed by atoms with Crippen LogP contribution in [0, 0.1) is 17.2 Å². The molecule has 0 atom stereocenters. The highest BCUT2D eigenvalue weighted by Crippen LogP contribution is 2.20. The molecule has 4 nitrogen and oxygen atoms in total. The summed E-state index contributed by atoms with van der Waals surface area (Å²) in [4.78, 5) is 4.47. The van der Waals surface area contributed by atoms with Crippen molar-refractivity contribution in [2.45, 2.75) is 26.3 Å². The number of benzene rings is 1. The van der Waals surface area contributed by atoms with E-state index in [0.717, 1.165) is 23.5 Å². The van der Waals surface area contributed by atoms with Gasteiger partial charge in [-0.05, 0) is 18.1 Å². The molecule has 20 heavy (non-hydrogen) atoms. The Morgan fingerprint density at radius 2 is 2.25 bits per heavy atom. The summed E-state index contributed by atoms with van der Waals surface area (Å²) in [5.74, 6) is 1.62. The van der Waals surface area contributed by atoms with Crippen molar-refractivity contribution < 1.29 is 4.74 Å². The van der Waals surface area contributed by atoms with Gasteiger partial charge in [-0.2, -0.15) is 5.26 Å². The Morgan fingerprint density at radius 3 is 2.90 bits per heavy atom. The number of para-hydroxylation sites is 1. The number of halogens is 1. The molecule has 0 fully saturated rings. The van der Waals surface area contributed by atoms with Crippen LogP contribution in [0.5, 0.6) is 0 Å². The Bertz CT molecular complexity index is 628. The van der Waals surface area contributed by atoms with E-state index in [4.69, 9.17) is 21.6 Å². The molecule has 0 N–H and O–H groups in total. The minimum Gasteiger partial charge on any atom is -0.379 e. The summed E-state index contributed by atoms with van der Waals surface area (Å²) in [5.41, 5.74) is 2.23. The normalized spacial score (nSPS) is 11.2. The maximum Gasteiger partial charge on any atom is 0.124 e. The van der Waals surface area contributed by atoms with Crippen molar-refractivity contribution in [3.63, 3.8) is 0 Å². The van der Waals surface area contributed by atoms with Crippen LogP contribution in [0.15, 0.2) is 18.2 Å². The predicted molar refractivity (Wildman–Crippen MR) is 79.7 cm³/mol. The zero-order valence-corrected chi connectivity index (χ0v) is 12.5. The molecule has 0 aliphatic heterocycles. The fourth-order valence-electron chi connectivity index (χ4n) is 2.11. The molecule has 1 heterocycles. The number of rotatable bonds is 6. The maximum absolute atomic E-state index is 9.13. The van der Waals surface area contributed by atoms with Crippen LogP contribution in [0.2, 0.25) is 0 Å². The lowest BCUT2D eigenvalue weighted by atomic mass is 10.2. The van der Waals surface area contributed by atoms with E-state index < -0.39 is 0 Å². The van der Waals surface area contributed by atoms with Gasteiger partial charge < -0.3 is 9.30 Å². The molecule has 0 amide bonds. The molecule has 2 aromatic rings. The van der Waals surface area contributed by atoms with E-state index in [1.165, 1.54) is 0 Å². The van der Waals surface area contributed by atoms with E-state index in [0.29, 0.717) is 30.5 Å². The number of hydrogen-bond acceptors (Lipinski definition) is 3. The van der Waals surface area contributed by atoms with Crippen molar-refractivity contribution in [1.29, 1.82) is 5.26 Å². The van der Waals surface area contributed by atoms with Crippen LogP contribution in [0.4, 0.5) is 0 Å². The highest BCUT2D eigenvalue weighted by Gasteiger charge is 2.12. The zero-order chi connectivity index (χ0) is 14.5. The third-order valence-corrected chi connectivity index (χ3v) is 3.25. The summed E-state index contributed by atoms with van der Waals surface area (Å²) in [5, 5.41) is 9.13. The second kappa shape index (κ2) is 6.74. The van der Waals surface area contributed by atoms with E-state index in [-0.39, 0.29) is 0 Å². The molecule has 0 spiro atoms. The summed E-state index contributed by atoms with van der Waals surface area (Å²) in [7, 11) is 0. The Hall–Kier alpha value is -1.57. The standard InChI is InChI=1S/C15H18ClN3O/c1-11(2)10-20-7-6-19-13-5-3-4-12(9-17)15(13)18-14(19)8-16/h3-5,11H,6-8,10H2,1-2H3. The molecule has 1 aromatic carbocycles. The van der Waals surface area contributed by atoms with Gasteiger partial charge in [0, 0.05) is 13.2 Å². The topological polar surface area (TPSA) is 50.8 Å². The van der Waals surface area contributed by atoms with Crippen molar-refractivity contribution in [2.75, 3.05) is 13.2 Å². The zero-order valence-electron chi connectivity index (χ0n) is 11.8. The van der Waals surface area contributed by atoms with Gasteiger partial charge in [-0.1, -0.05) is 19.9 Å². The minimum atomic E-state index is 0.323. The number of ether oxygens (including phenoxy) is 1. The quantitative estimate of drug-likeness (QED) is 0.606. The number of hydrogen-bond donors (Lipinski definition) is 0. The minimum absolute atomic E-state index is 0.323. The van der Waals surface area contributed by atoms with Crippen molar-refractivity contribution in [1.82, 2.24) is 9.55 Å². The Kier molecular flexibility index (Phi) is 4.99. The molecule has 2 rings (SSSR count). The van der Waals surface area contributed by atoms with Crippen LogP contribution in [0.3, 0.4) is 0 Å². The first kappa shape index (κ1) is 14.8. The van der Waals surface area contributed by atoms with Crippen LogP contribution < -0.4 is 0 Å². The SMILES string of the molecule is CC(C)COCCn1c(CCl)nc2c(C#N)cccc21. The fourth-order valence-corrected chi connectivity index (χ4v) is 2.32. The Balaban J connectivity index is 2.25. The van der Waals surface area contributed by atoms with Gasteiger partial charge in [0.25, 0.3) is 0 Å². The second-order valence-electron chi connectivity index (χ2n) is 5.07. The van der Waals surface area contributed by atoms with Gasteiger partial charge in [-0.25, -0.2) is 4.98 Å². The molecule has 0 aliphatic rings. The number of imidazole rings is 1. The average Bonchev–Trinajstić information content (AvgIpc) is 2.81. The summed E-state index contributed by atoms with van der Waals surface area (Å²) in [6.45, 7) is 6.29. The molecule has 0 radical (unpaired) electrons. The monoisotopic (exact) mass is 291 g/mol. The van der Waals surface area contributed by atoms with E-state index in [1.54, 1.807) is 6.07 Å². The number of alkyl halides is 1. The van der Waals surface area contributed by atoms with E-state index >= 15 is 0 Å². The van der Waals surface area contributed by atoms with Gasteiger partial charge in [-0.3, -0.25) is 0 Å². The number of nitriles is 1. The third kappa shape index (κ3) is 3.12. The number of nitrogens with zero attached hydrogens (tertiary/aromatic N) is 3. The highest BCUT2D eigenvalue weighted by molar-refractivity contribution is 6.16. The summed E-state index contributed by atoms with van der Waals surface area (Å²) in [6.07, 6.45) is 0. The summed E-state index contributed by atoms with van der Waals surface area (Å²) < 4.78 is 7.65. The van der Waals surface area contributed by atoms with Gasteiger partial charge >= 0.3 is 0 Å². The Labute approximate surface area is 123 Å². The highest BCUT2D eigenvalue weighted by atomic mass is 35.5. The van der Waals surface area contributed by atoms with E-state index in [9.17, 15) is 0 Å². The van der Waals surface area contributed by atoms with Gasteiger partial charge in [0.2, 0.25) is 0 Å². The first-order valence-electron chi connectivity index (χ1n) is 6.69. The molecule has 5 heteroatoms. The molecule has 0 bridgehead atoms. The molecular weight excluding hydrogens is 274 g/mol. The molecule has 1 aromatic heterocycles. The van der Waals surface area contributed by atoms with E-state index in [2.05, 4.69) is 24.9 Å². The maximum atomic E-state index is 9.13. The molecule has 106 valence electrons. The molecule has 0 saturated carbocycles. The van der Waals surface area contributed by atoms with Crippen LogP contribution in [-0.4, -0.2) is 22.8 Å². The summed E-state index contributed by atoms with van der Waals surface area (Å²) in [6, 6.07) is 7.76. The average molecular weight is 292 g/mol. The summed E-state index contributed by atoms with van der Waals surface area (Å²) >= 11 is 5.96. The van der Waals surface area contributed by atoms with Crippen molar-refractivity contribution in [2.24, 2.45) is 5.92 Å². The largest absolute Gasteiger partial charge is 0.379 e. The molecule has 0 aliphatic carbocycles. The predicted octanol–water partition coefficient (Wildman–Crippen LogP) is 3.32. The van der Waals surface area contributed by atoms with Gasteiger partial charge in [0.05, 0.1) is 23.6 Å². The van der Waals surface area contributed by atoms with Crippen LogP contribution >= 0.6 is 11.6 Å². The van der Waals surface area contributed by atoms with Crippen LogP contribution in [0.25, 0.3) is 11.0 Å². The smallest absolute Gasteiger partial charge is 0.124 e. The van der Waals surface area contributed by atoms with E-state index in [1.807, 2.05) is 16.7 Å². The number of fused-ring (bicyclic) bond motifs is 1. The van der Waals surface area contributed by atoms with Crippen LogP contribution in [-0.2, 0) is 17.2 Å². The van der Waals surface area contributed by atoms with Gasteiger partial charge in [-0.15, -0.1) is 11.6 Å². The fraction of sp³-hybridized carbons (Fsp3) is 0.467. The van der Waals surface area contributed by atoms with Gasteiger partial charge in [0.15, 0.2) is 0 Å². The first-order chi connectivity index (χ1) is 9.67. The molecule has 0 saturated heterocycles. The lowest BCUT2D eigenvalue weighted by Gasteiger charge is -2.10. The van der Waals surface area contributed by atoms with Crippen molar-refractivity contribution in [3.8, 4) is 6.07 Å². The second-order valence-corrected chi connectivity index (χ2v) is 5.33. The number of aromatic nitrogens is 2.